The van der Waals surface area contributed by atoms with Crippen LogP contribution in [0.3, 0.4) is 0 Å². The van der Waals surface area contributed by atoms with Gasteiger partial charge in [0.25, 0.3) is 0 Å². The lowest BCUT2D eigenvalue weighted by atomic mass is 9.92. The van der Waals surface area contributed by atoms with Crippen LogP contribution in [0, 0.1) is 5.92 Å². The third kappa shape index (κ3) is 3.40. The van der Waals surface area contributed by atoms with Crippen molar-refractivity contribution in [3.8, 4) is 0 Å². The number of nitrogens with zero attached hydrogens (tertiary/aromatic N) is 5. The van der Waals surface area contributed by atoms with Gasteiger partial charge in [-0.2, -0.15) is 10.2 Å². The van der Waals surface area contributed by atoms with E-state index in [9.17, 15) is 9.59 Å². The number of aryl methyl sites for hydroxylation is 2. The highest BCUT2D eigenvalue weighted by Gasteiger charge is 2.29. The molecule has 1 aliphatic heterocycles. The van der Waals surface area contributed by atoms with Crippen LogP contribution in [0.2, 0.25) is 0 Å². The van der Waals surface area contributed by atoms with Gasteiger partial charge >= 0.3 is 5.69 Å². The highest BCUT2D eigenvalue weighted by atomic mass is 16.5. The summed E-state index contributed by atoms with van der Waals surface area (Å²) in [6.45, 7) is 1.13. The van der Waals surface area contributed by atoms with Crippen molar-refractivity contribution in [3.05, 3.63) is 34.8 Å². The molecule has 0 saturated carbocycles. The zero-order valence-corrected chi connectivity index (χ0v) is 13.9. The number of hydrogen-bond acceptors (Lipinski definition) is 5. The Balaban J connectivity index is 1.60. The molecule has 0 unspecified atom stereocenters. The zero-order chi connectivity index (χ0) is 17.1. The van der Waals surface area contributed by atoms with E-state index in [2.05, 4.69) is 15.5 Å². The SMILES string of the molecule is Cn1nccc1[C@@H]1OCCC[C@H]1CNC(=O)Cn1ncn(C)c1=O. The van der Waals surface area contributed by atoms with Gasteiger partial charge in [-0.05, 0) is 18.9 Å². The fraction of sp³-hybridized carbons (Fsp3) is 0.600. The van der Waals surface area contributed by atoms with E-state index in [0.717, 1.165) is 23.2 Å². The third-order valence-corrected chi connectivity index (χ3v) is 4.34. The van der Waals surface area contributed by atoms with Crippen molar-refractivity contribution in [1.29, 1.82) is 0 Å². The summed E-state index contributed by atoms with van der Waals surface area (Å²) in [7, 11) is 3.48. The Morgan fingerprint density at radius 1 is 1.42 bits per heavy atom. The molecule has 1 fully saturated rings. The van der Waals surface area contributed by atoms with Gasteiger partial charge in [0.05, 0.1) is 5.69 Å². The summed E-state index contributed by atoms with van der Waals surface area (Å²) < 4.78 is 10.2. The molecule has 1 aliphatic rings. The molecule has 24 heavy (non-hydrogen) atoms. The summed E-state index contributed by atoms with van der Waals surface area (Å²) in [5, 5.41) is 11.0. The van der Waals surface area contributed by atoms with E-state index >= 15 is 0 Å². The van der Waals surface area contributed by atoms with Crippen molar-refractivity contribution >= 4 is 5.91 Å². The lowest BCUT2D eigenvalue weighted by Crippen LogP contribution is -2.38. The fourth-order valence-electron chi connectivity index (χ4n) is 3.01. The number of aromatic nitrogens is 5. The van der Waals surface area contributed by atoms with E-state index in [1.54, 1.807) is 17.9 Å². The van der Waals surface area contributed by atoms with Gasteiger partial charge in [0, 0.05) is 39.4 Å². The van der Waals surface area contributed by atoms with Crippen LogP contribution in [0.4, 0.5) is 0 Å². The lowest BCUT2D eigenvalue weighted by molar-refractivity contribution is -0.122. The minimum absolute atomic E-state index is 0.0795. The highest BCUT2D eigenvalue weighted by Crippen LogP contribution is 2.32. The maximum absolute atomic E-state index is 12.1. The van der Waals surface area contributed by atoms with Gasteiger partial charge in [0.2, 0.25) is 5.91 Å². The molecule has 130 valence electrons. The van der Waals surface area contributed by atoms with Crippen molar-refractivity contribution < 1.29 is 9.53 Å². The largest absolute Gasteiger partial charge is 0.372 e. The van der Waals surface area contributed by atoms with Gasteiger partial charge in [-0.25, -0.2) is 9.48 Å². The van der Waals surface area contributed by atoms with Gasteiger partial charge < -0.3 is 10.1 Å². The predicted molar refractivity (Wildman–Crippen MR) is 85.1 cm³/mol. The van der Waals surface area contributed by atoms with E-state index in [-0.39, 0.29) is 30.2 Å². The van der Waals surface area contributed by atoms with Gasteiger partial charge in [-0.3, -0.25) is 14.0 Å². The van der Waals surface area contributed by atoms with Crippen molar-refractivity contribution in [2.75, 3.05) is 13.2 Å². The Kier molecular flexibility index (Phi) is 4.79. The molecule has 1 amide bonds. The van der Waals surface area contributed by atoms with Crippen LogP contribution in [0.15, 0.2) is 23.4 Å². The number of carbonyl (C=O) groups excluding carboxylic acids is 1. The van der Waals surface area contributed by atoms with E-state index in [1.807, 2.05) is 13.1 Å². The highest BCUT2D eigenvalue weighted by molar-refractivity contribution is 5.75. The number of ether oxygens (including phenoxy) is 1. The first-order valence-corrected chi connectivity index (χ1v) is 8.01. The second-order valence-corrected chi connectivity index (χ2v) is 6.06. The summed E-state index contributed by atoms with van der Waals surface area (Å²) in [5.41, 5.74) is 0.703. The maximum Gasteiger partial charge on any atom is 0.345 e. The standard InChI is InChI=1S/C15H22N6O3/c1-19-10-18-21(15(19)23)9-13(22)16-8-11-4-3-7-24-14(11)12-5-6-17-20(12)2/h5-6,10-11,14H,3-4,7-9H2,1-2H3,(H,16,22)/t11-,14+/m0/s1. The van der Waals surface area contributed by atoms with Crippen LogP contribution < -0.4 is 11.0 Å². The van der Waals surface area contributed by atoms with E-state index in [4.69, 9.17) is 4.74 Å². The maximum atomic E-state index is 12.1. The molecular formula is C15H22N6O3. The number of amides is 1. The van der Waals surface area contributed by atoms with E-state index in [0.29, 0.717) is 13.2 Å². The molecular weight excluding hydrogens is 312 g/mol. The molecule has 9 nitrogen and oxygen atoms in total. The normalized spacial score (nSPS) is 20.9. The fourth-order valence-corrected chi connectivity index (χ4v) is 3.01. The molecule has 0 bridgehead atoms. The molecule has 3 heterocycles. The predicted octanol–water partition coefficient (Wildman–Crippen LogP) is -0.401. The molecule has 2 aromatic heterocycles. The van der Waals surface area contributed by atoms with Gasteiger partial charge in [0.1, 0.15) is 19.0 Å². The smallest absolute Gasteiger partial charge is 0.345 e. The quantitative estimate of drug-likeness (QED) is 0.803. The molecule has 0 aliphatic carbocycles. The molecule has 2 atom stereocenters. The van der Waals surface area contributed by atoms with Crippen molar-refractivity contribution in [3.63, 3.8) is 0 Å². The average molecular weight is 334 g/mol. The summed E-state index contributed by atoms with van der Waals surface area (Å²) in [5.74, 6) is -0.0521. The lowest BCUT2D eigenvalue weighted by Gasteiger charge is -2.31. The molecule has 3 rings (SSSR count). The van der Waals surface area contributed by atoms with Gasteiger partial charge in [-0.1, -0.05) is 0 Å². The summed E-state index contributed by atoms with van der Waals surface area (Å²) in [4.78, 5) is 23.8. The summed E-state index contributed by atoms with van der Waals surface area (Å²) in [6.07, 6.45) is 5.00. The van der Waals surface area contributed by atoms with Gasteiger partial charge in [-0.15, -0.1) is 0 Å². The molecule has 0 spiro atoms. The van der Waals surface area contributed by atoms with E-state index < -0.39 is 0 Å². The molecule has 9 heteroatoms. The average Bonchev–Trinajstić information content (AvgIpc) is 3.14. The Labute approximate surface area is 139 Å². The van der Waals surface area contributed by atoms with Crippen molar-refractivity contribution in [2.24, 2.45) is 20.0 Å². The first-order valence-electron chi connectivity index (χ1n) is 8.01. The number of rotatable bonds is 5. The first-order chi connectivity index (χ1) is 11.6. The topological polar surface area (TPSA) is 96.0 Å². The molecule has 1 saturated heterocycles. The molecule has 2 aromatic rings. The minimum atomic E-state index is -0.307. The second-order valence-electron chi connectivity index (χ2n) is 6.06. The van der Waals surface area contributed by atoms with Crippen molar-refractivity contribution in [2.45, 2.75) is 25.5 Å². The molecule has 0 aromatic carbocycles. The zero-order valence-electron chi connectivity index (χ0n) is 13.9. The van der Waals surface area contributed by atoms with Crippen LogP contribution in [0.5, 0.6) is 0 Å². The third-order valence-electron chi connectivity index (χ3n) is 4.34. The van der Waals surface area contributed by atoms with Crippen LogP contribution in [-0.4, -0.2) is 43.2 Å². The minimum Gasteiger partial charge on any atom is -0.372 e. The summed E-state index contributed by atoms with van der Waals surface area (Å²) >= 11 is 0. The monoisotopic (exact) mass is 334 g/mol. The van der Waals surface area contributed by atoms with Crippen molar-refractivity contribution in [1.82, 2.24) is 29.4 Å². The Hall–Kier alpha value is -2.42. The molecule has 0 radical (unpaired) electrons. The summed E-state index contributed by atoms with van der Waals surface area (Å²) in [6, 6.07) is 1.94. The Morgan fingerprint density at radius 3 is 2.92 bits per heavy atom. The van der Waals surface area contributed by atoms with E-state index in [1.165, 1.54) is 10.9 Å². The number of carbonyl (C=O) groups is 1. The Bertz CT molecular complexity index is 761. The number of hydrogen-bond donors (Lipinski definition) is 1. The second kappa shape index (κ2) is 7.00. The number of nitrogens with one attached hydrogen (secondary N) is 1. The molecule has 1 N–H and O–H groups in total. The van der Waals surface area contributed by atoms with Crippen LogP contribution >= 0.6 is 0 Å². The van der Waals surface area contributed by atoms with Crippen LogP contribution in [-0.2, 0) is 30.2 Å². The van der Waals surface area contributed by atoms with Crippen LogP contribution in [0.1, 0.15) is 24.6 Å². The first kappa shape index (κ1) is 16.4. The van der Waals surface area contributed by atoms with Gasteiger partial charge in [0.15, 0.2) is 0 Å². The van der Waals surface area contributed by atoms with Crippen LogP contribution in [0.25, 0.3) is 0 Å². The Morgan fingerprint density at radius 2 is 2.25 bits per heavy atom.